The number of aryl methyl sites for hydroxylation is 1. The van der Waals surface area contributed by atoms with Gasteiger partial charge in [0.2, 0.25) is 0 Å². The molecule has 0 atom stereocenters. The smallest absolute Gasteiger partial charge is 0.189 e. The third-order valence-electron chi connectivity index (χ3n) is 1.87. The summed E-state index contributed by atoms with van der Waals surface area (Å²) >= 11 is 0. The molecule has 0 aliphatic heterocycles. The lowest BCUT2D eigenvalue weighted by atomic mass is 10.2. The topological polar surface area (TPSA) is 49.7 Å². The standard InChI is InChI=1S/C10H14N2O2S/c1-9-4-6-10(7-5-9)8-11-15(13,14)12(2)3/h4-8H,1-3H3/b11-8+. The number of hydrogen-bond acceptors (Lipinski definition) is 2. The summed E-state index contributed by atoms with van der Waals surface area (Å²) in [6, 6.07) is 7.46. The lowest BCUT2D eigenvalue weighted by molar-refractivity contribution is 0.523. The first-order valence-electron chi connectivity index (χ1n) is 4.46. The van der Waals surface area contributed by atoms with Crippen molar-refractivity contribution >= 4 is 16.4 Å². The zero-order valence-electron chi connectivity index (χ0n) is 9.01. The largest absolute Gasteiger partial charge is 0.321 e. The Labute approximate surface area is 90.4 Å². The molecule has 1 aromatic rings. The Morgan fingerprint density at radius 1 is 1.20 bits per heavy atom. The summed E-state index contributed by atoms with van der Waals surface area (Å²) in [6.45, 7) is 1.97. The summed E-state index contributed by atoms with van der Waals surface area (Å²) in [6.07, 6.45) is 1.34. The average Bonchev–Trinajstić information content (AvgIpc) is 2.17. The Bertz CT molecular complexity index is 447. The van der Waals surface area contributed by atoms with Crippen LogP contribution in [0.15, 0.2) is 28.7 Å². The van der Waals surface area contributed by atoms with Crippen LogP contribution in [-0.2, 0) is 10.2 Å². The van der Waals surface area contributed by atoms with Crippen LogP contribution in [0.25, 0.3) is 0 Å². The number of nitrogens with zero attached hydrogens (tertiary/aromatic N) is 2. The molecular weight excluding hydrogens is 212 g/mol. The number of benzene rings is 1. The zero-order valence-corrected chi connectivity index (χ0v) is 9.82. The van der Waals surface area contributed by atoms with Crippen LogP contribution in [0.1, 0.15) is 11.1 Å². The molecule has 15 heavy (non-hydrogen) atoms. The minimum absolute atomic E-state index is 0.769. The second kappa shape index (κ2) is 4.55. The molecule has 0 saturated heterocycles. The van der Waals surface area contributed by atoms with Crippen LogP contribution in [-0.4, -0.2) is 33.0 Å². The van der Waals surface area contributed by atoms with E-state index >= 15 is 0 Å². The van der Waals surface area contributed by atoms with Crippen LogP contribution in [0.2, 0.25) is 0 Å². The molecule has 0 radical (unpaired) electrons. The Balaban J connectivity index is 2.87. The van der Waals surface area contributed by atoms with Crippen molar-refractivity contribution in [2.24, 2.45) is 4.40 Å². The summed E-state index contributed by atoms with van der Waals surface area (Å²) in [7, 11) is -0.611. The first-order valence-corrected chi connectivity index (χ1v) is 5.86. The zero-order chi connectivity index (χ0) is 11.5. The Kier molecular flexibility index (Phi) is 3.60. The number of rotatable bonds is 3. The van der Waals surface area contributed by atoms with Crippen molar-refractivity contribution in [2.45, 2.75) is 6.92 Å². The molecule has 0 aromatic heterocycles. The Hall–Kier alpha value is -1.20. The van der Waals surface area contributed by atoms with Gasteiger partial charge in [-0.05, 0) is 12.5 Å². The maximum Gasteiger partial charge on any atom is 0.321 e. The third-order valence-corrected chi connectivity index (χ3v) is 3.17. The molecule has 82 valence electrons. The molecule has 0 heterocycles. The third kappa shape index (κ3) is 3.45. The molecule has 0 N–H and O–H groups in total. The van der Waals surface area contributed by atoms with Crippen LogP contribution >= 0.6 is 0 Å². The van der Waals surface area contributed by atoms with Gasteiger partial charge in [0.25, 0.3) is 0 Å². The quantitative estimate of drug-likeness (QED) is 0.728. The molecule has 4 nitrogen and oxygen atoms in total. The van der Waals surface area contributed by atoms with Crippen molar-refractivity contribution in [3.05, 3.63) is 35.4 Å². The number of hydrogen-bond donors (Lipinski definition) is 0. The first kappa shape index (κ1) is 11.9. The molecule has 1 aromatic carbocycles. The summed E-state index contributed by atoms with van der Waals surface area (Å²) in [5.41, 5.74) is 1.90. The molecule has 0 aliphatic rings. The van der Waals surface area contributed by atoms with Gasteiger partial charge in [-0.15, -0.1) is 0 Å². The van der Waals surface area contributed by atoms with Gasteiger partial charge in [-0.1, -0.05) is 29.8 Å². The fraction of sp³-hybridized carbons (Fsp3) is 0.300. The maximum atomic E-state index is 11.3. The molecule has 0 amide bonds. The van der Waals surface area contributed by atoms with Gasteiger partial charge in [0.15, 0.2) is 0 Å². The van der Waals surface area contributed by atoms with E-state index in [2.05, 4.69) is 4.40 Å². The van der Waals surface area contributed by atoms with E-state index in [-0.39, 0.29) is 0 Å². The van der Waals surface area contributed by atoms with Gasteiger partial charge in [0, 0.05) is 20.3 Å². The van der Waals surface area contributed by atoms with E-state index in [1.54, 1.807) is 0 Å². The van der Waals surface area contributed by atoms with Crippen molar-refractivity contribution in [1.29, 1.82) is 0 Å². The predicted molar refractivity (Wildman–Crippen MR) is 61.4 cm³/mol. The highest BCUT2D eigenvalue weighted by Crippen LogP contribution is 2.02. The molecule has 1 rings (SSSR count). The fourth-order valence-corrected chi connectivity index (χ4v) is 1.32. The van der Waals surface area contributed by atoms with Crippen LogP contribution in [0.3, 0.4) is 0 Å². The molecule has 5 heteroatoms. The van der Waals surface area contributed by atoms with Crippen molar-refractivity contribution < 1.29 is 8.42 Å². The summed E-state index contributed by atoms with van der Waals surface area (Å²) in [5, 5.41) is 0. The summed E-state index contributed by atoms with van der Waals surface area (Å²) in [4.78, 5) is 0. The van der Waals surface area contributed by atoms with Gasteiger partial charge in [0.1, 0.15) is 0 Å². The van der Waals surface area contributed by atoms with Crippen molar-refractivity contribution in [2.75, 3.05) is 14.1 Å². The lowest BCUT2D eigenvalue weighted by Gasteiger charge is -2.04. The van der Waals surface area contributed by atoms with Crippen LogP contribution < -0.4 is 0 Å². The normalized spacial score (nSPS) is 12.5. The molecule has 0 fully saturated rings. The highest BCUT2D eigenvalue weighted by molar-refractivity contribution is 7.87. The van der Waals surface area contributed by atoms with Gasteiger partial charge in [-0.3, -0.25) is 0 Å². The van der Waals surface area contributed by atoms with Crippen LogP contribution in [0.4, 0.5) is 0 Å². The average molecular weight is 226 g/mol. The van der Waals surface area contributed by atoms with Crippen molar-refractivity contribution in [3.63, 3.8) is 0 Å². The van der Waals surface area contributed by atoms with E-state index in [1.165, 1.54) is 20.3 Å². The Morgan fingerprint density at radius 2 is 1.73 bits per heavy atom. The summed E-state index contributed by atoms with van der Waals surface area (Å²) < 4.78 is 27.2. The molecule has 0 saturated carbocycles. The second-order valence-corrected chi connectivity index (χ2v) is 5.24. The molecule has 0 bridgehead atoms. The maximum absolute atomic E-state index is 11.3. The van der Waals surface area contributed by atoms with Gasteiger partial charge in [-0.25, -0.2) is 0 Å². The van der Waals surface area contributed by atoms with Gasteiger partial charge < -0.3 is 0 Å². The molecule has 0 unspecified atom stereocenters. The highest BCUT2D eigenvalue weighted by Gasteiger charge is 2.08. The van der Waals surface area contributed by atoms with Crippen molar-refractivity contribution in [3.8, 4) is 0 Å². The van der Waals surface area contributed by atoms with E-state index in [1.807, 2.05) is 31.2 Å². The molecule has 0 spiro atoms. The highest BCUT2D eigenvalue weighted by atomic mass is 32.2. The van der Waals surface area contributed by atoms with Gasteiger partial charge in [-0.2, -0.15) is 17.1 Å². The minimum Gasteiger partial charge on any atom is -0.189 e. The van der Waals surface area contributed by atoms with E-state index in [0.717, 1.165) is 15.4 Å². The van der Waals surface area contributed by atoms with Gasteiger partial charge in [0.05, 0.1) is 0 Å². The fourth-order valence-electron chi connectivity index (χ4n) is 0.874. The van der Waals surface area contributed by atoms with Crippen LogP contribution in [0, 0.1) is 6.92 Å². The first-order chi connectivity index (χ1) is 6.92. The SMILES string of the molecule is Cc1ccc(/C=N/S(=O)(=O)N(C)C)cc1. The summed E-state index contributed by atoms with van der Waals surface area (Å²) in [5.74, 6) is 0. The van der Waals surface area contributed by atoms with E-state index in [0.29, 0.717) is 0 Å². The Morgan fingerprint density at radius 3 is 2.20 bits per heavy atom. The van der Waals surface area contributed by atoms with Gasteiger partial charge >= 0.3 is 10.2 Å². The molecular formula is C10H14N2O2S. The predicted octanol–water partition coefficient (Wildman–Crippen LogP) is 1.22. The molecule has 0 aliphatic carbocycles. The monoisotopic (exact) mass is 226 g/mol. The van der Waals surface area contributed by atoms with E-state index in [9.17, 15) is 8.42 Å². The van der Waals surface area contributed by atoms with E-state index < -0.39 is 10.2 Å². The minimum atomic E-state index is -3.50. The van der Waals surface area contributed by atoms with Crippen LogP contribution in [0.5, 0.6) is 0 Å². The van der Waals surface area contributed by atoms with Crippen molar-refractivity contribution in [1.82, 2.24) is 4.31 Å². The van der Waals surface area contributed by atoms with E-state index in [4.69, 9.17) is 0 Å². The second-order valence-electron chi connectivity index (χ2n) is 3.41. The lowest BCUT2D eigenvalue weighted by Crippen LogP contribution is -2.19.